The van der Waals surface area contributed by atoms with Gasteiger partial charge >= 0.3 is 0 Å². The van der Waals surface area contributed by atoms with Crippen molar-refractivity contribution in [2.24, 2.45) is 0 Å². The number of hydrogen-bond acceptors (Lipinski definition) is 2. The van der Waals surface area contributed by atoms with Gasteiger partial charge in [-0.15, -0.1) is 0 Å². The molecule has 1 N–H and O–H groups in total. The zero-order chi connectivity index (χ0) is 23.2. The SMILES string of the molecule is CCC(NC(=O)c1ccccc1-c1ccccc1)C(=O)N1CCC(c2ccc(Cl)cc2)CC1. The summed E-state index contributed by atoms with van der Waals surface area (Å²) in [6.07, 6.45) is 2.37. The Balaban J connectivity index is 1.41. The third-order valence-electron chi connectivity index (χ3n) is 6.42. The molecular weight excluding hydrogens is 432 g/mol. The summed E-state index contributed by atoms with van der Waals surface area (Å²) in [5.41, 5.74) is 3.69. The summed E-state index contributed by atoms with van der Waals surface area (Å²) < 4.78 is 0. The summed E-state index contributed by atoms with van der Waals surface area (Å²) in [7, 11) is 0. The van der Waals surface area contributed by atoms with Gasteiger partial charge in [0.1, 0.15) is 6.04 Å². The van der Waals surface area contributed by atoms with E-state index >= 15 is 0 Å². The van der Waals surface area contributed by atoms with E-state index in [1.165, 1.54) is 5.56 Å². The second-order valence-corrected chi connectivity index (χ2v) is 8.93. The van der Waals surface area contributed by atoms with Crippen LogP contribution < -0.4 is 5.32 Å². The minimum Gasteiger partial charge on any atom is -0.341 e. The second-order valence-electron chi connectivity index (χ2n) is 8.50. The Hall–Kier alpha value is -3.11. The van der Waals surface area contributed by atoms with Crippen molar-refractivity contribution < 1.29 is 9.59 Å². The molecule has 1 aliphatic heterocycles. The molecule has 4 rings (SSSR count). The van der Waals surface area contributed by atoms with Crippen LogP contribution in [-0.2, 0) is 4.79 Å². The van der Waals surface area contributed by atoms with Crippen LogP contribution in [0.1, 0.15) is 48.0 Å². The number of benzene rings is 3. The third kappa shape index (κ3) is 5.45. The summed E-state index contributed by atoms with van der Waals surface area (Å²) >= 11 is 6.01. The maximum atomic E-state index is 13.2. The van der Waals surface area contributed by atoms with Crippen LogP contribution in [0.2, 0.25) is 5.02 Å². The maximum absolute atomic E-state index is 13.2. The lowest BCUT2D eigenvalue weighted by Crippen LogP contribution is -2.50. The van der Waals surface area contributed by atoms with E-state index in [2.05, 4.69) is 17.4 Å². The number of carbonyl (C=O) groups is 2. The first-order valence-corrected chi connectivity index (χ1v) is 11.9. The van der Waals surface area contributed by atoms with E-state index in [0.717, 1.165) is 29.0 Å². The normalized spacial score (nSPS) is 15.2. The summed E-state index contributed by atoms with van der Waals surface area (Å²) in [4.78, 5) is 28.3. The maximum Gasteiger partial charge on any atom is 0.252 e. The number of piperidine rings is 1. The largest absolute Gasteiger partial charge is 0.341 e. The van der Waals surface area contributed by atoms with Crippen molar-refractivity contribution in [1.82, 2.24) is 10.2 Å². The highest BCUT2D eigenvalue weighted by Gasteiger charge is 2.29. The molecule has 0 radical (unpaired) electrons. The van der Waals surface area contributed by atoms with Crippen molar-refractivity contribution >= 4 is 23.4 Å². The van der Waals surface area contributed by atoms with Crippen molar-refractivity contribution in [3.05, 3.63) is 95.0 Å². The molecule has 0 bridgehead atoms. The molecule has 2 amide bonds. The van der Waals surface area contributed by atoms with Crippen molar-refractivity contribution in [3.8, 4) is 11.1 Å². The lowest BCUT2D eigenvalue weighted by Gasteiger charge is -2.34. The fraction of sp³-hybridized carbons (Fsp3) is 0.286. The van der Waals surface area contributed by atoms with Crippen LogP contribution >= 0.6 is 11.6 Å². The lowest BCUT2D eigenvalue weighted by molar-refractivity contribution is -0.134. The Bertz CT molecular complexity index is 1090. The van der Waals surface area contributed by atoms with E-state index in [-0.39, 0.29) is 11.8 Å². The van der Waals surface area contributed by atoms with Gasteiger partial charge in [0, 0.05) is 23.7 Å². The average molecular weight is 461 g/mol. The monoisotopic (exact) mass is 460 g/mol. The Morgan fingerprint density at radius 2 is 1.58 bits per heavy atom. The number of nitrogens with one attached hydrogen (secondary N) is 1. The van der Waals surface area contributed by atoms with Crippen LogP contribution in [-0.4, -0.2) is 35.8 Å². The van der Waals surface area contributed by atoms with Crippen LogP contribution in [0.4, 0.5) is 0 Å². The summed E-state index contributed by atoms with van der Waals surface area (Å²) in [6.45, 7) is 3.32. The number of likely N-dealkylation sites (tertiary alicyclic amines) is 1. The van der Waals surface area contributed by atoms with Gasteiger partial charge in [-0.1, -0.05) is 79.2 Å². The highest BCUT2D eigenvalue weighted by molar-refractivity contribution is 6.30. The number of nitrogens with zero attached hydrogens (tertiary/aromatic N) is 1. The van der Waals surface area contributed by atoms with E-state index in [0.29, 0.717) is 31.0 Å². The Morgan fingerprint density at radius 3 is 2.24 bits per heavy atom. The molecule has 1 aliphatic rings. The molecule has 1 saturated heterocycles. The molecule has 1 heterocycles. The number of rotatable bonds is 6. The minimum absolute atomic E-state index is 0.00222. The number of halogens is 1. The summed E-state index contributed by atoms with van der Waals surface area (Å²) in [6, 6.07) is 24.8. The van der Waals surface area contributed by atoms with Crippen molar-refractivity contribution in [1.29, 1.82) is 0 Å². The van der Waals surface area contributed by atoms with Gasteiger partial charge in [-0.3, -0.25) is 9.59 Å². The molecule has 0 saturated carbocycles. The molecule has 1 unspecified atom stereocenters. The van der Waals surface area contributed by atoms with Crippen LogP contribution in [0.15, 0.2) is 78.9 Å². The zero-order valence-electron chi connectivity index (χ0n) is 18.8. The summed E-state index contributed by atoms with van der Waals surface area (Å²) in [5, 5.41) is 3.73. The second kappa shape index (κ2) is 10.7. The number of hydrogen-bond donors (Lipinski definition) is 1. The molecule has 5 heteroatoms. The van der Waals surface area contributed by atoms with Gasteiger partial charge in [0.05, 0.1) is 0 Å². The topological polar surface area (TPSA) is 49.4 Å². The van der Waals surface area contributed by atoms with Crippen LogP contribution in [0.25, 0.3) is 11.1 Å². The van der Waals surface area contributed by atoms with Crippen molar-refractivity contribution in [3.63, 3.8) is 0 Å². The molecule has 1 atom stereocenters. The molecule has 0 aromatic heterocycles. The minimum atomic E-state index is -0.534. The van der Waals surface area contributed by atoms with Crippen LogP contribution in [0.5, 0.6) is 0 Å². The lowest BCUT2D eigenvalue weighted by atomic mass is 9.89. The molecule has 3 aromatic rings. The highest BCUT2D eigenvalue weighted by Crippen LogP contribution is 2.29. The smallest absolute Gasteiger partial charge is 0.252 e. The highest BCUT2D eigenvalue weighted by atomic mass is 35.5. The van der Waals surface area contributed by atoms with Gasteiger partial charge in [-0.05, 0) is 60.1 Å². The van der Waals surface area contributed by atoms with E-state index in [4.69, 9.17) is 11.6 Å². The molecule has 4 nitrogen and oxygen atoms in total. The predicted octanol–water partition coefficient (Wildman–Crippen LogP) is 5.92. The predicted molar refractivity (Wildman–Crippen MR) is 133 cm³/mol. The van der Waals surface area contributed by atoms with Gasteiger partial charge < -0.3 is 10.2 Å². The number of amides is 2. The number of carbonyl (C=O) groups excluding carboxylic acids is 2. The third-order valence-corrected chi connectivity index (χ3v) is 6.67. The fourth-order valence-electron chi connectivity index (χ4n) is 4.51. The van der Waals surface area contributed by atoms with Crippen molar-refractivity contribution in [2.45, 2.75) is 38.1 Å². The fourth-order valence-corrected chi connectivity index (χ4v) is 4.64. The standard InChI is InChI=1S/C28H29ClN2O2/c1-2-26(28(33)31-18-16-21(17-19-31)20-12-14-23(29)15-13-20)30-27(32)25-11-7-6-10-24(25)22-8-4-3-5-9-22/h3-15,21,26H,2,16-19H2,1H3,(H,30,32). The van der Waals surface area contributed by atoms with Crippen LogP contribution in [0, 0.1) is 0 Å². The molecule has 0 aliphatic carbocycles. The molecular formula is C28H29ClN2O2. The molecule has 3 aromatic carbocycles. The summed E-state index contributed by atoms with van der Waals surface area (Å²) in [5.74, 6) is 0.210. The van der Waals surface area contributed by atoms with Crippen LogP contribution in [0.3, 0.4) is 0 Å². The first-order valence-electron chi connectivity index (χ1n) is 11.6. The Labute approximate surface area is 200 Å². The van der Waals surface area contributed by atoms with Crippen molar-refractivity contribution in [2.75, 3.05) is 13.1 Å². The van der Waals surface area contributed by atoms with E-state index in [9.17, 15) is 9.59 Å². The molecule has 0 spiro atoms. The Kier molecular flexibility index (Phi) is 7.46. The Morgan fingerprint density at radius 1 is 0.939 bits per heavy atom. The molecule has 170 valence electrons. The molecule has 33 heavy (non-hydrogen) atoms. The first-order chi connectivity index (χ1) is 16.1. The van der Waals surface area contributed by atoms with Gasteiger partial charge in [-0.2, -0.15) is 0 Å². The zero-order valence-corrected chi connectivity index (χ0v) is 19.6. The van der Waals surface area contributed by atoms with E-state index < -0.39 is 6.04 Å². The van der Waals surface area contributed by atoms with Gasteiger partial charge in [0.15, 0.2) is 0 Å². The van der Waals surface area contributed by atoms with Gasteiger partial charge in [0.25, 0.3) is 5.91 Å². The van der Waals surface area contributed by atoms with E-state index in [1.54, 1.807) is 0 Å². The van der Waals surface area contributed by atoms with Gasteiger partial charge in [0.2, 0.25) is 5.91 Å². The quantitative estimate of drug-likeness (QED) is 0.496. The molecule has 1 fully saturated rings. The first kappa shape index (κ1) is 23.1. The average Bonchev–Trinajstić information content (AvgIpc) is 2.88. The van der Waals surface area contributed by atoms with Gasteiger partial charge in [-0.25, -0.2) is 0 Å². The van der Waals surface area contributed by atoms with E-state index in [1.807, 2.05) is 78.6 Å².